The van der Waals surface area contributed by atoms with Crippen molar-refractivity contribution in [1.82, 2.24) is 5.16 Å². The highest BCUT2D eigenvalue weighted by atomic mass is 16.7. The van der Waals surface area contributed by atoms with E-state index in [1.807, 2.05) is 48.5 Å². The van der Waals surface area contributed by atoms with Crippen LogP contribution in [0.3, 0.4) is 0 Å². The van der Waals surface area contributed by atoms with Gasteiger partial charge in [-0.05, 0) is 24.6 Å². The number of nitrogens with one attached hydrogen (secondary N) is 2. The third kappa shape index (κ3) is 3.32. The number of hydrogen-bond acceptors (Lipinski definition) is 6. The molecule has 1 aliphatic rings. The number of benzene rings is 2. The zero-order chi connectivity index (χ0) is 17.9. The number of anilines is 2. The number of carbonyl (C=O) groups excluding carboxylic acids is 1. The largest absolute Gasteiger partial charge is 0.454 e. The van der Waals surface area contributed by atoms with E-state index in [2.05, 4.69) is 15.8 Å². The average molecular weight is 351 g/mol. The molecule has 3 aromatic rings. The lowest BCUT2D eigenvalue weighted by atomic mass is 10.1. The van der Waals surface area contributed by atoms with Crippen molar-refractivity contribution in [2.24, 2.45) is 0 Å². The summed E-state index contributed by atoms with van der Waals surface area (Å²) in [5, 5.41) is 9.83. The van der Waals surface area contributed by atoms with Crippen molar-refractivity contribution < 1.29 is 18.8 Å². The molecule has 7 nitrogen and oxygen atoms in total. The molecule has 1 aromatic heterocycles. The van der Waals surface area contributed by atoms with Gasteiger partial charge in [0.2, 0.25) is 6.79 Å². The SMILES string of the molecule is Cc1cc(NC(=O)[C@@H](Nc2ccc3c(c2)OCO3)c2ccccc2)no1. The summed E-state index contributed by atoms with van der Waals surface area (Å²) < 4.78 is 15.7. The number of amides is 1. The van der Waals surface area contributed by atoms with Gasteiger partial charge >= 0.3 is 0 Å². The molecule has 0 saturated carbocycles. The van der Waals surface area contributed by atoms with Crippen LogP contribution in [0.15, 0.2) is 59.1 Å². The van der Waals surface area contributed by atoms with Gasteiger partial charge in [-0.15, -0.1) is 0 Å². The van der Waals surface area contributed by atoms with E-state index in [0.717, 1.165) is 11.3 Å². The molecule has 2 aromatic carbocycles. The molecule has 7 heteroatoms. The van der Waals surface area contributed by atoms with Crippen LogP contribution in [0, 0.1) is 6.92 Å². The van der Waals surface area contributed by atoms with Crippen LogP contribution in [0.5, 0.6) is 11.5 Å². The number of hydrogen-bond donors (Lipinski definition) is 2. The Balaban J connectivity index is 1.59. The van der Waals surface area contributed by atoms with Gasteiger partial charge in [-0.25, -0.2) is 0 Å². The third-order valence-corrected chi connectivity index (χ3v) is 3.96. The summed E-state index contributed by atoms with van der Waals surface area (Å²) in [5.74, 6) is 2.09. The van der Waals surface area contributed by atoms with E-state index in [4.69, 9.17) is 14.0 Å². The predicted molar refractivity (Wildman–Crippen MR) is 95.2 cm³/mol. The molecule has 26 heavy (non-hydrogen) atoms. The van der Waals surface area contributed by atoms with E-state index >= 15 is 0 Å². The standard InChI is InChI=1S/C19H17N3O4/c1-12-9-17(22-26-12)21-19(23)18(13-5-3-2-4-6-13)20-14-7-8-15-16(10-14)25-11-24-15/h2-10,18,20H,11H2,1H3,(H,21,22,23)/t18-/m0/s1. The molecule has 1 atom stereocenters. The summed E-state index contributed by atoms with van der Waals surface area (Å²) >= 11 is 0. The molecule has 0 saturated heterocycles. The summed E-state index contributed by atoms with van der Waals surface area (Å²) in [6.07, 6.45) is 0. The minimum absolute atomic E-state index is 0.201. The number of rotatable bonds is 5. The second-order valence-electron chi connectivity index (χ2n) is 5.87. The lowest BCUT2D eigenvalue weighted by molar-refractivity contribution is -0.117. The number of ether oxygens (including phenoxy) is 2. The van der Waals surface area contributed by atoms with Gasteiger partial charge < -0.3 is 24.6 Å². The Hall–Kier alpha value is -3.48. The number of aromatic nitrogens is 1. The van der Waals surface area contributed by atoms with Gasteiger partial charge in [0.1, 0.15) is 11.8 Å². The highest BCUT2D eigenvalue weighted by molar-refractivity contribution is 5.96. The minimum atomic E-state index is -0.617. The molecule has 0 radical (unpaired) electrons. The Morgan fingerprint density at radius 2 is 1.88 bits per heavy atom. The first-order valence-corrected chi connectivity index (χ1v) is 8.14. The molecule has 0 aliphatic carbocycles. The Bertz CT molecular complexity index is 924. The first-order chi connectivity index (χ1) is 12.7. The Kier molecular flexibility index (Phi) is 4.18. The molecule has 0 spiro atoms. The van der Waals surface area contributed by atoms with Crippen molar-refractivity contribution in [1.29, 1.82) is 0 Å². The quantitative estimate of drug-likeness (QED) is 0.732. The molecular formula is C19H17N3O4. The van der Waals surface area contributed by atoms with Crippen molar-refractivity contribution >= 4 is 17.4 Å². The summed E-state index contributed by atoms with van der Waals surface area (Å²) in [5.41, 5.74) is 1.57. The van der Waals surface area contributed by atoms with Gasteiger partial charge in [0.05, 0.1) is 0 Å². The second kappa shape index (κ2) is 6.79. The zero-order valence-electron chi connectivity index (χ0n) is 14.1. The van der Waals surface area contributed by atoms with E-state index < -0.39 is 6.04 Å². The van der Waals surface area contributed by atoms with Gasteiger partial charge in [-0.2, -0.15) is 0 Å². The first kappa shape index (κ1) is 16.0. The topological polar surface area (TPSA) is 85.6 Å². The number of aryl methyl sites for hydroxylation is 1. The van der Waals surface area contributed by atoms with Crippen LogP contribution in [-0.4, -0.2) is 17.9 Å². The Labute approximate surface area is 149 Å². The molecule has 1 aliphatic heterocycles. The highest BCUT2D eigenvalue weighted by Gasteiger charge is 2.23. The number of nitrogens with zero attached hydrogens (tertiary/aromatic N) is 1. The maximum absolute atomic E-state index is 12.8. The molecular weight excluding hydrogens is 334 g/mol. The third-order valence-electron chi connectivity index (χ3n) is 3.96. The second-order valence-corrected chi connectivity index (χ2v) is 5.87. The number of fused-ring (bicyclic) bond motifs is 1. The lowest BCUT2D eigenvalue weighted by Crippen LogP contribution is -2.27. The van der Waals surface area contributed by atoms with Crippen molar-refractivity contribution in [3.63, 3.8) is 0 Å². The summed E-state index contributed by atoms with van der Waals surface area (Å²) in [6.45, 7) is 1.97. The normalized spacial score (nSPS) is 13.3. The van der Waals surface area contributed by atoms with Crippen LogP contribution >= 0.6 is 0 Å². The highest BCUT2D eigenvalue weighted by Crippen LogP contribution is 2.35. The van der Waals surface area contributed by atoms with Gasteiger partial charge in [-0.3, -0.25) is 4.79 Å². The van der Waals surface area contributed by atoms with Crippen molar-refractivity contribution in [3.05, 3.63) is 65.9 Å². The molecule has 2 heterocycles. The number of carbonyl (C=O) groups is 1. The zero-order valence-corrected chi connectivity index (χ0v) is 14.1. The van der Waals surface area contributed by atoms with E-state index in [-0.39, 0.29) is 12.7 Å². The van der Waals surface area contributed by atoms with E-state index in [9.17, 15) is 4.79 Å². The molecule has 0 unspecified atom stereocenters. The van der Waals surface area contributed by atoms with E-state index in [1.54, 1.807) is 13.0 Å². The van der Waals surface area contributed by atoms with Crippen LogP contribution in [0.4, 0.5) is 11.5 Å². The molecule has 4 rings (SSSR count). The van der Waals surface area contributed by atoms with Crippen LogP contribution in [0.2, 0.25) is 0 Å². The summed E-state index contributed by atoms with van der Waals surface area (Å²) in [4.78, 5) is 12.8. The first-order valence-electron chi connectivity index (χ1n) is 8.14. The molecule has 0 bridgehead atoms. The van der Waals surface area contributed by atoms with Crippen LogP contribution in [0.25, 0.3) is 0 Å². The minimum Gasteiger partial charge on any atom is -0.454 e. The maximum atomic E-state index is 12.8. The smallest absolute Gasteiger partial charge is 0.252 e. The molecule has 132 valence electrons. The Morgan fingerprint density at radius 3 is 2.65 bits per heavy atom. The molecule has 2 N–H and O–H groups in total. The predicted octanol–water partition coefficient (Wildman–Crippen LogP) is 3.50. The van der Waals surface area contributed by atoms with Crippen LogP contribution in [-0.2, 0) is 4.79 Å². The fourth-order valence-electron chi connectivity index (χ4n) is 2.72. The average Bonchev–Trinajstić information content (AvgIpc) is 3.28. The monoisotopic (exact) mass is 351 g/mol. The summed E-state index contributed by atoms with van der Waals surface area (Å²) in [7, 11) is 0. The van der Waals surface area contributed by atoms with Gasteiger partial charge in [0.15, 0.2) is 17.3 Å². The summed E-state index contributed by atoms with van der Waals surface area (Å²) in [6, 6.07) is 16.0. The van der Waals surface area contributed by atoms with E-state index in [0.29, 0.717) is 23.1 Å². The van der Waals surface area contributed by atoms with Crippen molar-refractivity contribution in [3.8, 4) is 11.5 Å². The fourth-order valence-corrected chi connectivity index (χ4v) is 2.72. The Morgan fingerprint density at radius 1 is 1.08 bits per heavy atom. The fraction of sp³-hybridized carbons (Fsp3) is 0.158. The van der Waals surface area contributed by atoms with Gasteiger partial charge in [0, 0.05) is 17.8 Å². The lowest BCUT2D eigenvalue weighted by Gasteiger charge is -2.19. The van der Waals surface area contributed by atoms with Gasteiger partial charge in [-0.1, -0.05) is 35.5 Å². The van der Waals surface area contributed by atoms with Crippen molar-refractivity contribution in [2.75, 3.05) is 17.4 Å². The van der Waals surface area contributed by atoms with Gasteiger partial charge in [0.25, 0.3) is 5.91 Å². The van der Waals surface area contributed by atoms with Crippen LogP contribution in [0.1, 0.15) is 17.4 Å². The van der Waals surface area contributed by atoms with Crippen LogP contribution < -0.4 is 20.1 Å². The molecule has 1 amide bonds. The molecule has 0 fully saturated rings. The van der Waals surface area contributed by atoms with E-state index in [1.165, 1.54) is 0 Å². The maximum Gasteiger partial charge on any atom is 0.252 e. The van der Waals surface area contributed by atoms with Crippen molar-refractivity contribution in [2.45, 2.75) is 13.0 Å².